The minimum absolute atomic E-state index is 0.0287. The summed E-state index contributed by atoms with van der Waals surface area (Å²) < 4.78 is 12.1. The quantitative estimate of drug-likeness (QED) is 0.405. The average molecular weight is 485 g/mol. The lowest BCUT2D eigenvalue weighted by Crippen LogP contribution is -2.50. The van der Waals surface area contributed by atoms with Crippen LogP contribution in [0.3, 0.4) is 0 Å². The van der Waals surface area contributed by atoms with Gasteiger partial charge in [-0.2, -0.15) is 0 Å². The van der Waals surface area contributed by atoms with Gasteiger partial charge in [0.15, 0.2) is 6.10 Å². The summed E-state index contributed by atoms with van der Waals surface area (Å²) in [5, 5.41) is 7.36. The Morgan fingerprint density at radius 1 is 1.03 bits per heavy atom. The fraction of sp³-hybridized carbons (Fsp3) is 0.259. The van der Waals surface area contributed by atoms with E-state index in [-0.39, 0.29) is 5.91 Å². The average Bonchev–Trinajstić information content (AvgIpc) is 2.91. The number of aromatic nitrogens is 3. The van der Waals surface area contributed by atoms with E-state index >= 15 is 0 Å². The van der Waals surface area contributed by atoms with Crippen LogP contribution in [0.1, 0.15) is 12.5 Å². The first-order valence-electron chi connectivity index (χ1n) is 11.9. The van der Waals surface area contributed by atoms with Gasteiger partial charge >= 0.3 is 0 Å². The van der Waals surface area contributed by atoms with Crippen molar-refractivity contribution in [3.63, 3.8) is 0 Å². The summed E-state index contributed by atoms with van der Waals surface area (Å²) in [4.78, 5) is 27.9. The second kappa shape index (κ2) is 10.6. The number of pyridine rings is 1. The van der Waals surface area contributed by atoms with E-state index in [1.165, 1.54) is 6.33 Å². The molecule has 0 saturated carbocycles. The number of nitrogens with one attached hydrogen (secondary N) is 2. The predicted octanol–water partition coefficient (Wildman–Crippen LogP) is 4.07. The normalized spacial score (nSPS) is 14.3. The van der Waals surface area contributed by atoms with Crippen LogP contribution in [0.15, 0.2) is 67.1 Å². The first-order valence-corrected chi connectivity index (χ1v) is 11.9. The van der Waals surface area contributed by atoms with Crippen LogP contribution in [-0.2, 0) is 4.79 Å². The number of fused-ring (bicyclic) bond motifs is 1. The molecule has 4 aromatic rings. The molecule has 0 unspecified atom stereocenters. The molecule has 2 aromatic carbocycles. The molecule has 1 fully saturated rings. The highest BCUT2D eigenvalue weighted by Crippen LogP contribution is 2.33. The Kier molecular flexibility index (Phi) is 6.90. The maximum atomic E-state index is 12.9. The molecular weight excluding hydrogens is 456 g/mol. The van der Waals surface area contributed by atoms with Crippen LogP contribution in [0.2, 0.25) is 0 Å². The number of hydrogen-bond acceptors (Lipinski definition) is 8. The van der Waals surface area contributed by atoms with E-state index in [4.69, 9.17) is 9.47 Å². The van der Waals surface area contributed by atoms with E-state index in [0.29, 0.717) is 35.9 Å². The van der Waals surface area contributed by atoms with Crippen LogP contribution >= 0.6 is 0 Å². The number of carbonyl (C=O) groups excluding carboxylic acids is 1. The van der Waals surface area contributed by atoms with E-state index in [9.17, 15) is 4.79 Å². The Balaban J connectivity index is 1.38. The highest BCUT2D eigenvalue weighted by atomic mass is 16.5. The molecule has 36 heavy (non-hydrogen) atoms. The Morgan fingerprint density at radius 3 is 2.67 bits per heavy atom. The third-order valence-electron chi connectivity index (χ3n) is 5.99. The lowest BCUT2D eigenvalue weighted by atomic mass is 10.1. The van der Waals surface area contributed by atoms with E-state index in [1.54, 1.807) is 13.1 Å². The Bertz CT molecular complexity index is 1350. The lowest BCUT2D eigenvalue weighted by Gasteiger charge is -2.30. The van der Waals surface area contributed by atoms with Gasteiger partial charge < -0.3 is 25.0 Å². The van der Waals surface area contributed by atoms with Crippen molar-refractivity contribution in [2.24, 2.45) is 0 Å². The summed E-state index contributed by atoms with van der Waals surface area (Å²) in [5.74, 6) is 2.37. The summed E-state index contributed by atoms with van der Waals surface area (Å²) in [7, 11) is 0. The number of amides is 1. The number of nitrogens with zero attached hydrogens (tertiary/aromatic N) is 4. The fourth-order valence-corrected chi connectivity index (χ4v) is 4.15. The molecular formula is C27H28N6O3. The zero-order chi connectivity index (χ0) is 24.9. The highest BCUT2D eigenvalue weighted by Gasteiger charge is 2.24. The Labute approximate surface area is 209 Å². The van der Waals surface area contributed by atoms with E-state index in [1.807, 2.05) is 66.4 Å². The zero-order valence-corrected chi connectivity index (χ0v) is 20.3. The minimum Gasteiger partial charge on any atom is -0.480 e. The number of anilines is 2. The van der Waals surface area contributed by atoms with Crippen molar-refractivity contribution in [1.82, 2.24) is 25.2 Å². The summed E-state index contributed by atoms with van der Waals surface area (Å²) in [6.07, 6.45) is 2.57. The van der Waals surface area contributed by atoms with Gasteiger partial charge in [0.2, 0.25) is 5.88 Å². The summed E-state index contributed by atoms with van der Waals surface area (Å²) in [6.45, 7) is 6.69. The number of benzene rings is 2. The summed E-state index contributed by atoms with van der Waals surface area (Å²) in [6, 6.07) is 16.9. The standard InChI is InChI=1S/C27H28N6O3/c1-18-16-20(9-10-22(18)36-24-8-3-4-11-29-24)32-26-25-21(30-17-31-26)6-5-7-23(25)35-19(2)27(34)33-14-12-28-13-15-33/h3-11,16-17,19,28H,12-15H2,1-2H3,(H,30,31,32)/t19-/m1/s1. The van der Waals surface area contributed by atoms with Gasteiger partial charge in [0.1, 0.15) is 23.6 Å². The Hall–Kier alpha value is -4.24. The smallest absolute Gasteiger partial charge is 0.263 e. The maximum absolute atomic E-state index is 12.9. The number of aryl methyl sites for hydroxylation is 1. The monoisotopic (exact) mass is 484 g/mol. The molecule has 2 aromatic heterocycles. The van der Waals surface area contributed by atoms with Gasteiger partial charge in [0.05, 0.1) is 10.9 Å². The highest BCUT2D eigenvalue weighted by molar-refractivity contribution is 5.96. The molecule has 3 heterocycles. The molecule has 1 aliphatic rings. The van der Waals surface area contributed by atoms with Gasteiger partial charge in [-0.1, -0.05) is 12.1 Å². The van der Waals surface area contributed by atoms with Crippen molar-refractivity contribution in [2.45, 2.75) is 20.0 Å². The third kappa shape index (κ3) is 5.21. The van der Waals surface area contributed by atoms with Crippen molar-refractivity contribution in [3.05, 3.63) is 72.7 Å². The third-order valence-corrected chi connectivity index (χ3v) is 5.99. The van der Waals surface area contributed by atoms with Gasteiger partial charge in [-0.3, -0.25) is 4.79 Å². The topological polar surface area (TPSA) is 102 Å². The Morgan fingerprint density at radius 2 is 1.89 bits per heavy atom. The van der Waals surface area contributed by atoms with Crippen molar-refractivity contribution in [3.8, 4) is 17.4 Å². The fourth-order valence-electron chi connectivity index (χ4n) is 4.15. The summed E-state index contributed by atoms with van der Waals surface area (Å²) >= 11 is 0. The molecule has 2 N–H and O–H groups in total. The van der Waals surface area contributed by atoms with Gasteiger partial charge in [-0.05, 0) is 55.8 Å². The second-order valence-electron chi connectivity index (χ2n) is 8.58. The molecule has 9 heteroatoms. The van der Waals surface area contributed by atoms with Crippen LogP contribution in [0.25, 0.3) is 10.9 Å². The molecule has 0 radical (unpaired) electrons. The van der Waals surface area contributed by atoms with Gasteiger partial charge in [-0.25, -0.2) is 15.0 Å². The van der Waals surface area contributed by atoms with Gasteiger partial charge in [-0.15, -0.1) is 0 Å². The van der Waals surface area contributed by atoms with Crippen molar-refractivity contribution >= 4 is 28.3 Å². The number of rotatable bonds is 7. The number of carbonyl (C=O) groups is 1. The van der Waals surface area contributed by atoms with E-state index < -0.39 is 6.10 Å². The molecule has 5 rings (SSSR count). The van der Waals surface area contributed by atoms with Gasteiger partial charge in [0, 0.05) is 44.1 Å². The van der Waals surface area contributed by atoms with Crippen LogP contribution in [0, 0.1) is 6.92 Å². The van der Waals surface area contributed by atoms with Crippen LogP contribution in [-0.4, -0.2) is 58.0 Å². The molecule has 0 spiro atoms. The number of hydrogen-bond donors (Lipinski definition) is 2. The SMILES string of the molecule is Cc1cc(Nc2ncnc3cccc(O[C@H](C)C(=O)N4CCNCC4)c23)ccc1Oc1ccccn1. The van der Waals surface area contributed by atoms with Crippen LogP contribution < -0.4 is 20.1 Å². The minimum atomic E-state index is -0.632. The lowest BCUT2D eigenvalue weighted by molar-refractivity contribution is -0.138. The van der Waals surface area contributed by atoms with Crippen LogP contribution in [0.4, 0.5) is 11.5 Å². The molecule has 0 bridgehead atoms. The molecule has 1 atom stereocenters. The van der Waals surface area contributed by atoms with E-state index in [0.717, 1.165) is 35.6 Å². The first-order chi connectivity index (χ1) is 17.6. The van der Waals surface area contributed by atoms with E-state index in [2.05, 4.69) is 25.6 Å². The second-order valence-corrected chi connectivity index (χ2v) is 8.58. The predicted molar refractivity (Wildman–Crippen MR) is 138 cm³/mol. The summed E-state index contributed by atoms with van der Waals surface area (Å²) in [5.41, 5.74) is 2.50. The molecule has 1 aliphatic heterocycles. The molecule has 9 nitrogen and oxygen atoms in total. The van der Waals surface area contributed by atoms with Crippen molar-refractivity contribution in [2.75, 3.05) is 31.5 Å². The number of piperazine rings is 1. The van der Waals surface area contributed by atoms with Crippen LogP contribution in [0.5, 0.6) is 17.4 Å². The molecule has 0 aliphatic carbocycles. The van der Waals surface area contributed by atoms with Gasteiger partial charge in [0.25, 0.3) is 5.91 Å². The molecule has 1 amide bonds. The first kappa shape index (κ1) is 23.5. The largest absolute Gasteiger partial charge is 0.480 e. The number of ether oxygens (including phenoxy) is 2. The molecule has 184 valence electrons. The maximum Gasteiger partial charge on any atom is 0.263 e. The zero-order valence-electron chi connectivity index (χ0n) is 20.3. The van der Waals surface area contributed by atoms with Crippen molar-refractivity contribution in [1.29, 1.82) is 0 Å². The van der Waals surface area contributed by atoms with Crippen molar-refractivity contribution < 1.29 is 14.3 Å². The molecule has 1 saturated heterocycles.